The van der Waals surface area contributed by atoms with E-state index in [2.05, 4.69) is 44.7 Å². The summed E-state index contributed by atoms with van der Waals surface area (Å²) in [5, 5.41) is 0. The van der Waals surface area contributed by atoms with Gasteiger partial charge in [-0.1, -0.05) is 51.1 Å². The van der Waals surface area contributed by atoms with Crippen LogP contribution in [0.25, 0.3) is 0 Å². The zero-order valence-corrected chi connectivity index (χ0v) is 16.8. The summed E-state index contributed by atoms with van der Waals surface area (Å²) in [5.41, 5.74) is 2.29. The smallest absolute Gasteiger partial charge is 0.243 e. The average Bonchev–Trinajstić information content (AvgIpc) is 2.61. The summed E-state index contributed by atoms with van der Waals surface area (Å²) in [6.45, 7) is 10.2. The lowest BCUT2D eigenvalue weighted by atomic mass is 9.87. The molecule has 1 heterocycles. The van der Waals surface area contributed by atoms with E-state index < -0.39 is 10.0 Å². The van der Waals surface area contributed by atoms with Gasteiger partial charge in [-0.25, -0.2) is 8.42 Å². The standard InChI is InChI=1S/C21H28N2O2S/c1-17-16-22(14-15-23(17)19-8-6-5-7-9-19)26(24,25)20-12-10-18(11-13-20)21(2,3)4/h5-13,17H,14-16H2,1-4H3. The van der Waals surface area contributed by atoms with Gasteiger partial charge in [0.2, 0.25) is 10.0 Å². The molecular formula is C21H28N2O2S. The van der Waals surface area contributed by atoms with Crippen LogP contribution in [0, 0.1) is 0 Å². The van der Waals surface area contributed by atoms with E-state index in [0.717, 1.165) is 11.3 Å². The van der Waals surface area contributed by atoms with Crippen LogP contribution in [0.1, 0.15) is 33.3 Å². The number of anilines is 1. The summed E-state index contributed by atoms with van der Waals surface area (Å²) in [5.74, 6) is 0. The lowest BCUT2D eigenvalue weighted by Crippen LogP contribution is -2.53. The molecule has 3 rings (SSSR count). The second-order valence-electron chi connectivity index (χ2n) is 8.02. The fraction of sp³-hybridized carbons (Fsp3) is 0.429. The predicted molar refractivity (Wildman–Crippen MR) is 107 cm³/mol. The Kier molecular flexibility index (Phi) is 5.13. The van der Waals surface area contributed by atoms with Gasteiger partial charge in [0.1, 0.15) is 0 Å². The number of hydrogen-bond donors (Lipinski definition) is 0. The van der Waals surface area contributed by atoms with Crippen LogP contribution in [-0.4, -0.2) is 38.4 Å². The zero-order valence-electron chi connectivity index (χ0n) is 16.0. The molecule has 0 radical (unpaired) electrons. The van der Waals surface area contributed by atoms with Crippen molar-refractivity contribution in [2.24, 2.45) is 0 Å². The highest BCUT2D eigenvalue weighted by Gasteiger charge is 2.32. The van der Waals surface area contributed by atoms with E-state index in [4.69, 9.17) is 0 Å². The molecule has 0 spiro atoms. The van der Waals surface area contributed by atoms with Crippen LogP contribution in [-0.2, 0) is 15.4 Å². The van der Waals surface area contributed by atoms with Gasteiger partial charge in [-0.2, -0.15) is 4.31 Å². The molecule has 0 aliphatic carbocycles. The summed E-state index contributed by atoms with van der Waals surface area (Å²) in [7, 11) is -3.46. The van der Waals surface area contributed by atoms with Gasteiger partial charge in [0.05, 0.1) is 4.90 Å². The SMILES string of the molecule is CC1CN(S(=O)(=O)c2ccc(C(C)(C)C)cc2)CCN1c1ccccc1. The number of rotatable bonds is 3. The first-order chi connectivity index (χ1) is 12.2. The molecule has 0 N–H and O–H groups in total. The molecule has 140 valence electrons. The van der Waals surface area contributed by atoms with Gasteiger partial charge in [-0.15, -0.1) is 0 Å². The third-order valence-corrected chi connectivity index (χ3v) is 6.92. The largest absolute Gasteiger partial charge is 0.366 e. The quantitative estimate of drug-likeness (QED) is 0.821. The highest BCUT2D eigenvalue weighted by atomic mass is 32.2. The molecular weight excluding hydrogens is 344 g/mol. The van der Waals surface area contributed by atoms with Gasteiger partial charge >= 0.3 is 0 Å². The Morgan fingerprint density at radius 3 is 2.08 bits per heavy atom. The van der Waals surface area contributed by atoms with Crippen molar-refractivity contribution in [3.8, 4) is 0 Å². The molecule has 1 aliphatic heterocycles. The predicted octanol–water partition coefficient (Wildman–Crippen LogP) is 3.88. The first kappa shape index (κ1) is 18.9. The Labute approximate surface area is 157 Å². The number of para-hydroxylation sites is 1. The summed E-state index contributed by atoms with van der Waals surface area (Å²) >= 11 is 0. The van der Waals surface area contributed by atoms with Gasteiger partial charge < -0.3 is 4.90 Å². The van der Waals surface area contributed by atoms with Crippen LogP contribution < -0.4 is 4.90 Å². The van der Waals surface area contributed by atoms with Crippen LogP contribution >= 0.6 is 0 Å². The van der Waals surface area contributed by atoms with Crippen molar-refractivity contribution in [3.63, 3.8) is 0 Å². The normalized spacial score (nSPS) is 19.5. The third-order valence-electron chi connectivity index (χ3n) is 5.04. The molecule has 1 fully saturated rings. The van der Waals surface area contributed by atoms with Crippen LogP contribution in [0.5, 0.6) is 0 Å². The molecule has 1 saturated heterocycles. The van der Waals surface area contributed by atoms with Crippen molar-refractivity contribution in [2.45, 2.75) is 44.0 Å². The molecule has 4 nitrogen and oxygen atoms in total. The molecule has 2 aromatic carbocycles. The maximum Gasteiger partial charge on any atom is 0.243 e. The van der Waals surface area contributed by atoms with Crippen LogP contribution in [0.3, 0.4) is 0 Å². The second-order valence-corrected chi connectivity index (χ2v) is 9.95. The first-order valence-corrected chi connectivity index (χ1v) is 10.6. The van der Waals surface area contributed by atoms with Crippen molar-refractivity contribution in [1.82, 2.24) is 4.31 Å². The minimum absolute atomic E-state index is 0.0120. The van der Waals surface area contributed by atoms with E-state index in [1.165, 1.54) is 0 Å². The number of benzene rings is 2. The number of piperazine rings is 1. The van der Waals surface area contributed by atoms with Gasteiger partial charge in [-0.05, 0) is 42.2 Å². The van der Waals surface area contributed by atoms with Crippen LogP contribution in [0.4, 0.5) is 5.69 Å². The monoisotopic (exact) mass is 372 g/mol. The number of sulfonamides is 1. The average molecular weight is 373 g/mol. The van der Waals surface area contributed by atoms with E-state index in [-0.39, 0.29) is 11.5 Å². The summed E-state index contributed by atoms with van der Waals surface area (Å²) in [6.07, 6.45) is 0. The van der Waals surface area contributed by atoms with E-state index in [1.54, 1.807) is 16.4 Å². The lowest BCUT2D eigenvalue weighted by molar-refractivity contribution is 0.342. The van der Waals surface area contributed by atoms with Gasteiger partial charge in [0, 0.05) is 31.4 Å². The molecule has 1 unspecified atom stereocenters. The maximum atomic E-state index is 13.0. The molecule has 0 amide bonds. The second kappa shape index (κ2) is 7.05. The molecule has 2 aromatic rings. The lowest BCUT2D eigenvalue weighted by Gasteiger charge is -2.40. The fourth-order valence-corrected chi connectivity index (χ4v) is 4.93. The fourth-order valence-electron chi connectivity index (χ4n) is 3.42. The van der Waals surface area contributed by atoms with E-state index in [0.29, 0.717) is 24.5 Å². The maximum absolute atomic E-state index is 13.0. The van der Waals surface area contributed by atoms with E-state index >= 15 is 0 Å². The summed E-state index contributed by atoms with van der Waals surface area (Å²) < 4.78 is 27.7. The molecule has 5 heteroatoms. The molecule has 26 heavy (non-hydrogen) atoms. The highest BCUT2D eigenvalue weighted by Crippen LogP contribution is 2.27. The molecule has 0 bridgehead atoms. The molecule has 1 aliphatic rings. The van der Waals surface area contributed by atoms with Gasteiger partial charge in [-0.3, -0.25) is 0 Å². The number of nitrogens with zero attached hydrogens (tertiary/aromatic N) is 2. The Morgan fingerprint density at radius 2 is 1.54 bits per heavy atom. The molecule has 0 saturated carbocycles. The first-order valence-electron chi connectivity index (χ1n) is 9.12. The van der Waals surface area contributed by atoms with E-state index in [9.17, 15) is 8.42 Å². The van der Waals surface area contributed by atoms with Gasteiger partial charge in [0.25, 0.3) is 0 Å². The van der Waals surface area contributed by atoms with Crippen LogP contribution in [0.2, 0.25) is 0 Å². The number of hydrogen-bond acceptors (Lipinski definition) is 3. The van der Waals surface area contributed by atoms with Crippen molar-refractivity contribution in [2.75, 3.05) is 24.5 Å². The van der Waals surface area contributed by atoms with E-state index in [1.807, 2.05) is 30.3 Å². The Morgan fingerprint density at radius 1 is 0.923 bits per heavy atom. The van der Waals surface area contributed by atoms with Crippen LogP contribution in [0.15, 0.2) is 59.5 Å². The van der Waals surface area contributed by atoms with Crippen molar-refractivity contribution in [1.29, 1.82) is 0 Å². The third kappa shape index (κ3) is 3.79. The Hall–Kier alpha value is -1.85. The van der Waals surface area contributed by atoms with Crippen molar-refractivity contribution >= 4 is 15.7 Å². The van der Waals surface area contributed by atoms with Gasteiger partial charge in [0.15, 0.2) is 0 Å². The topological polar surface area (TPSA) is 40.6 Å². The van der Waals surface area contributed by atoms with Crippen molar-refractivity contribution < 1.29 is 8.42 Å². The molecule has 0 aromatic heterocycles. The summed E-state index contributed by atoms with van der Waals surface area (Å²) in [4.78, 5) is 2.65. The minimum atomic E-state index is -3.46. The molecule has 1 atom stereocenters. The highest BCUT2D eigenvalue weighted by molar-refractivity contribution is 7.89. The Balaban J connectivity index is 1.77. The van der Waals surface area contributed by atoms with Crippen molar-refractivity contribution in [3.05, 3.63) is 60.2 Å². The minimum Gasteiger partial charge on any atom is -0.366 e. The Bertz CT molecular complexity index is 840. The zero-order chi connectivity index (χ0) is 18.9. The summed E-state index contributed by atoms with van der Waals surface area (Å²) in [6, 6.07) is 17.6.